The molecular formula is C9H23ClN4O. The predicted octanol–water partition coefficient (Wildman–Crippen LogP) is -1.29. The van der Waals surface area contributed by atoms with Crippen molar-refractivity contribution in [3.05, 3.63) is 0 Å². The van der Waals surface area contributed by atoms with Crippen molar-refractivity contribution in [3.63, 3.8) is 0 Å². The number of ether oxygens (including phenoxy) is 1. The maximum Gasteiger partial charge on any atom is 0.0944 e. The number of hydrogen-bond donors (Lipinski definition) is 4. The second kappa shape index (κ2) is 12.2. The van der Waals surface area contributed by atoms with E-state index in [0.717, 1.165) is 32.8 Å². The van der Waals surface area contributed by atoms with Gasteiger partial charge in [0.2, 0.25) is 0 Å². The Hall–Kier alpha value is 0.0900. The van der Waals surface area contributed by atoms with Crippen LogP contribution in [0, 0.1) is 0 Å². The van der Waals surface area contributed by atoms with Gasteiger partial charge in [0.1, 0.15) is 0 Å². The molecule has 0 aromatic carbocycles. The van der Waals surface area contributed by atoms with E-state index < -0.39 is 0 Å². The van der Waals surface area contributed by atoms with Crippen LogP contribution in [0.4, 0.5) is 0 Å². The Bertz CT molecular complexity index is 117. The van der Waals surface area contributed by atoms with Crippen LogP contribution >= 0.6 is 11.6 Å². The van der Waals surface area contributed by atoms with Gasteiger partial charge in [-0.3, -0.25) is 0 Å². The van der Waals surface area contributed by atoms with Gasteiger partial charge in [-0.25, -0.2) is 0 Å². The minimum atomic E-state index is 0.400. The quantitative estimate of drug-likeness (QED) is 0.240. The lowest BCUT2D eigenvalue weighted by Crippen LogP contribution is -2.32. The molecule has 0 aliphatic carbocycles. The third-order valence-corrected chi connectivity index (χ3v) is 2.04. The fraction of sp³-hybridized carbons (Fsp3) is 1.00. The SMILES string of the molecule is ClCC1CO1.NCCNCCNCCN. The molecule has 0 bridgehead atoms. The number of nitrogens with one attached hydrogen (secondary N) is 2. The molecule has 0 spiro atoms. The number of nitrogens with two attached hydrogens (primary N) is 2. The summed E-state index contributed by atoms with van der Waals surface area (Å²) in [6.45, 7) is 6.01. The zero-order valence-corrected chi connectivity index (χ0v) is 9.93. The van der Waals surface area contributed by atoms with Crippen molar-refractivity contribution < 1.29 is 4.74 Å². The molecular weight excluding hydrogens is 216 g/mol. The minimum Gasteiger partial charge on any atom is -0.372 e. The van der Waals surface area contributed by atoms with Gasteiger partial charge in [0.25, 0.3) is 0 Å². The van der Waals surface area contributed by atoms with Crippen molar-refractivity contribution in [1.29, 1.82) is 0 Å². The fourth-order valence-electron chi connectivity index (χ4n) is 0.788. The van der Waals surface area contributed by atoms with E-state index in [1.807, 2.05) is 0 Å². The van der Waals surface area contributed by atoms with Crippen molar-refractivity contribution in [2.24, 2.45) is 11.5 Å². The average Bonchev–Trinajstić information content (AvgIpc) is 3.08. The number of rotatable bonds is 8. The number of alkyl halides is 1. The number of halogens is 1. The van der Waals surface area contributed by atoms with Gasteiger partial charge in [0.05, 0.1) is 18.6 Å². The summed E-state index contributed by atoms with van der Waals surface area (Å²) in [7, 11) is 0. The molecule has 1 rings (SSSR count). The topological polar surface area (TPSA) is 88.6 Å². The maximum absolute atomic E-state index is 5.27. The van der Waals surface area contributed by atoms with Crippen LogP contribution in [0.1, 0.15) is 0 Å². The van der Waals surface area contributed by atoms with Gasteiger partial charge in [0.15, 0.2) is 0 Å². The fourth-order valence-corrected chi connectivity index (χ4v) is 0.966. The summed E-state index contributed by atoms with van der Waals surface area (Å²) >= 11 is 5.27. The van der Waals surface area contributed by atoms with Crippen molar-refractivity contribution in [2.75, 3.05) is 51.8 Å². The molecule has 1 unspecified atom stereocenters. The molecule has 6 N–H and O–H groups in total. The second-order valence-electron chi connectivity index (χ2n) is 3.19. The Morgan fingerprint density at radius 3 is 1.73 bits per heavy atom. The summed E-state index contributed by atoms with van der Waals surface area (Å²) in [5, 5.41) is 6.33. The molecule has 1 heterocycles. The zero-order valence-electron chi connectivity index (χ0n) is 9.18. The van der Waals surface area contributed by atoms with Gasteiger partial charge in [-0.1, -0.05) is 0 Å². The van der Waals surface area contributed by atoms with Gasteiger partial charge >= 0.3 is 0 Å². The molecule has 1 aliphatic rings. The van der Waals surface area contributed by atoms with E-state index in [2.05, 4.69) is 10.6 Å². The van der Waals surface area contributed by atoms with Gasteiger partial charge in [0, 0.05) is 39.3 Å². The lowest BCUT2D eigenvalue weighted by Gasteiger charge is -2.03. The highest BCUT2D eigenvalue weighted by Gasteiger charge is 2.19. The molecule has 15 heavy (non-hydrogen) atoms. The largest absolute Gasteiger partial charge is 0.372 e. The normalized spacial score (nSPS) is 18.2. The summed E-state index contributed by atoms with van der Waals surface area (Å²) in [5.74, 6) is 0.667. The Labute approximate surface area is 96.9 Å². The average molecular weight is 239 g/mol. The van der Waals surface area contributed by atoms with Crippen molar-refractivity contribution in [2.45, 2.75) is 6.10 Å². The lowest BCUT2D eigenvalue weighted by atomic mass is 10.5. The summed E-state index contributed by atoms with van der Waals surface area (Å²) in [4.78, 5) is 0. The van der Waals surface area contributed by atoms with Crippen molar-refractivity contribution >= 4 is 11.6 Å². The first kappa shape index (κ1) is 15.1. The Morgan fingerprint density at radius 2 is 1.53 bits per heavy atom. The smallest absolute Gasteiger partial charge is 0.0944 e. The standard InChI is InChI=1S/C6H18N4.C3H5ClO/c7-1-3-9-5-6-10-4-2-8;4-1-3-2-5-3/h9-10H,1-8H2;3H,1-2H2. The van der Waals surface area contributed by atoms with E-state index in [1.165, 1.54) is 0 Å². The first-order valence-electron chi connectivity index (χ1n) is 5.34. The van der Waals surface area contributed by atoms with Crippen LogP contribution in [0.2, 0.25) is 0 Å². The zero-order chi connectivity index (χ0) is 11.4. The van der Waals surface area contributed by atoms with E-state index in [4.69, 9.17) is 27.8 Å². The second-order valence-corrected chi connectivity index (χ2v) is 3.50. The molecule has 0 amide bonds. The van der Waals surface area contributed by atoms with Crippen LogP contribution in [0.15, 0.2) is 0 Å². The molecule has 0 saturated carbocycles. The summed E-state index contributed by atoms with van der Waals surface area (Å²) in [5.41, 5.74) is 10.5. The molecule has 1 saturated heterocycles. The van der Waals surface area contributed by atoms with Crippen LogP contribution in [0.5, 0.6) is 0 Å². The van der Waals surface area contributed by atoms with Gasteiger partial charge < -0.3 is 26.8 Å². The molecule has 6 heteroatoms. The first-order chi connectivity index (χ1) is 7.35. The molecule has 1 aliphatic heterocycles. The predicted molar refractivity (Wildman–Crippen MR) is 64.3 cm³/mol. The Balaban J connectivity index is 0.000000322. The van der Waals surface area contributed by atoms with E-state index in [9.17, 15) is 0 Å². The molecule has 1 atom stereocenters. The van der Waals surface area contributed by atoms with Crippen LogP contribution < -0.4 is 22.1 Å². The van der Waals surface area contributed by atoms with Crippen LogP contribution in [-0.2, 0) is 4.74 Å². The molecule has 5 nitrogen and oxygen atoms in total. The van der Waals surface area contributed by atoms with Gasteiger partial charge in [-0.15, -0.1) is 11.6 Å². The summed E-state index contributed by atoms with van der Waals surface area (Å²) < 4.78 is 4.73. The van der Waals surface area contributed by atoms with E-state index >= 15 is 0 Å². The van der Waals surface area contributed by atoms with E-state index in [-0.39, 0.29) is 0 Å². The third-order valence-electron chi connectivity index (χ3n) is 1.70. The van der Waals surface area contributed by atoms with Crippen LogP contribution in [0.25, 0.3) is 0 Å². The Morgan fingerprint density at radius 1 is 1.07 bits per heavy atom. The highest BCUT2D eigenvalue weighted by atomic mass is 35.5. The number of epoxide rings is 1. The molecule has 0 aromatic rings. The Kier molecular flexibility index (Phi) is 12.2. The van der Waals surface area contributed by atoms with E-state index in [1.54, 1.807) is 0 Å². The van der Waals surface area contributed by atoms with Crippen molar-refractivity contribution in [1.82, 2.24) is 10.6 Å². The maximum atomic E-state index is 5.27. The van der Waals surface area contributed by atoms with Crippen LogP contribution in [-0.4, -0.2) is 57.9 Å². The molecule has 92 valence electrons. The minimum absolute atomic E-state index is 0.400. The van der Waals surface area contributed by atoms with Gasteiger partial charge in [-0.2, -0.15) is 0 Å². The molecule has 1 fully saturated rings. The first-order valence-corrected chi connectivity index (χ1v) is 5.87. The van der Waals surface area contributed by atoms with Crippen molar-refractivity contribution in [3.8, 4) is 0 Å². The van der Waals surface area contributed by atoms with Gasteiger partial charge in [-0.05, 0) is 0 Å². The highest BCUT2D eigenvalue weighted by Crippen LogP contribution is 2.08. The molecule has 0 radical (unpaired) electrons. The molecule has 0 aromatic heterocycles. The van der Waals surface area contributed by atoms with Crippen LogP contribution in [0.3, 0.4) is 0 Å². The highest BCUT2D eigenvalue weighted by molar-refractivity contribution is 6.18. The lowest BCUT2D eigenvalue weighted by molar-refractivity contribution is 0.425. The monoisotopic (exact) mass is 238 g/mol. The summed E-state index contributed by atoms with van der Waals surface area (Å²) in [6, 6.07) is 0. The number of hydrogen-bond acceptors (Lipinski definition) is 5. The summed E-state index contributed by atoms with van der Waals surface area (Å²) in [6.07, 6.45) is 0.400. The van der Waals surface area contributed by atoms with E-state index in [0.29, 0.717) is 25.1 Å². The third kappa shape index (κ3) is 14.1.